The third kappa shape index (κ3) is 5.57. The lowest BCUT2D eigenvalue weighted by molar-refractivity contribution is 0.0948. The standard InChI is InChI=1S/C19H22ClN3O2/c1-3-4-5-11-21-18(24)16-7-6-8-17(22-16)19(25)23-15-10-9-14(20)12-13(15)2/h6-10,12H,3-5,11H2,1-2H3,(H,21,24)(H,23,25). The Balaban J connectivity index is 2.04. The van der Waals surface area contributed by atoms with Gasteiger partial charge < -0.3 is 10.6 Å². The van der Waals surface area contributed by atoms with Crippen molar-refractivity contribution in [3.05, 3.63) is 58.4 Å². The van der Waals surface area contributed by atoms with Gasteiger partial charge in [-0.15, -0.1) is 0 Å². The molecule has 1 aromatic heterocycles. The molecule has 0 saturated carbocycles. The van der Waals surface area contributed by atoms with Gasteiger partial charge in [-0.05, 0) is 49.2 Å². The molecule has 0 saturated heterocycles. The highest BCUT2D eigenvalue weighted by molar-refractivity contribution is 6.30. The maximum absolute atomic E-state index is 12.4. The van der Waals surface area contributed by atoms with Gasteiger partial charge in [0, 0.05) is 17.3 Å². The zero-order chi connectivity index (χ0) is 18.2. The molecule has 0 radical (unpaired) electrons. The second-order valence-electron chi connectivity index (χ2n) is 5.78. The molecule has 2 amide bonds. The summed E-state index contributed by atoms with van der Waals surface area (Å²) in [5.74, 6) is -0.639. The second kappa shape index (κ2) is 9.18. The van der Waals surface area contributed by atoms with Crippen LogP contribution >= 0.6 is 11.6 Å². The first kappa shape index (κ1) is 18.9. The van der Waals surface area contributed by atoms with Crippen molar-refractivity contribution in [1.82, 2.24) is 10.3 Å². The number of amides is 2. The number of nitrogens with zero attached hydrogens (tertiary/aromatic N) is 1. The van der Waals surface area contributed by atoms with E-state index in [0.29, 0.717) is 17.3 Å². The lowest BCUT2D eigenvalue weighted by Gasteiger charge is -2.09. The molecule has 0 bridgehead atoms. The van der Waals surface area contributed by atoms with Crippen molar-refractivity contribution in [2.75, 3.05) is 11.9 Å². The number of benzene rings is 1. The van der Waals surface area contributed by atoms with E-state index in [2.05, 4.69) is 22.5 Å². The van der Waals surface area contributed by atoms with Crippen LogP contribution in [0, 0.1) is 6.92 Å². The van der Waals surface area contributed by atoms with Gasteiger partial charge in [-0.2, -0.15) is 0 Å². The molecule has 0 spiro atoms. The van der Waals surface area contributed by atoms with Crippen LogP contribution in [0.4, 0.5) is 5.69 Å². The van der Waals surface area contributed by atoms with Crippen LogP contribution in [-0.2, 0) is 0 Å². The molecule has 0 atom stereocenters. The van der Waals surface area contributed by atoms with Crippen LogP contribution in [0.2, 0.25) is 5.02 Å². The van der Waals surface area contributed by atoms with Gasteiger partial charge in [0.15, 0.2) is 0 Å². The van der Waals surface area contributed by atoms with Gasteiger partial charge in [0.1, 0.15) is 11.4 Å². The molecule has 132 valence electrons. The summed E-state index contributed by atoms with van der Waals surface area (Å²) in [4.78, 5) is 28.7. The molecule has 0 unspecified atom stereocenters. The zero-order valence-corrected chi connectivity index (χ0v) is 15.2. The Kier molecular flexibility index (Phi) is 6.95. The van der Waals surface area contributed by atoms with Crippen molar-refractivity contribution in [3.8, 4) is 0 Å². The van der Waals surface area contributed by atoms with Crippen molar-refractivity contribution in [2.24, 2.45) is 0 Å². The van der Waals surface area contributed by atoms with Gasteiger partial charge in [-0.25, -0.2) is 4.98 Å². The number of aromatic nitrogens is 1. The van der Waals surface area contributed by atoms with Crippen molar-refractivity contribution in [3.63, 3.8) is 0 Å². The molecule has 0 aliphatic heterocycles. The predicted molar refractivity (Wildman–Crippen MR) is 100 cm³/mol. The van der Waals surface area contributed by atoms with E-state index in [1.54, 1.807) is 36.4 Å². The molecule has 0 fully saturated rings. The summed E-state index contributed by atoms with van der Waals surface area (Å²) in [6, 6.07) is 10.0. The summed E-state index contributed by atoms with van der Waals surface area (Å²) < 4.78 is 0. The topological polar surface area (TPSA) is 71.1 Å². The molecular weight excluding hydrogens is 338 g/mol. The lowest BCUT2D eigenvalue weighted by Crippen LogP contribution is -2.26. The summed E-state index contributed by atoms with van der Waals surface area (Å²) in [6.45, 7) is 4.57. The van der Waals surface area contributed by atoms with Crippen LogP contribution in [-0.4, -0.2) is 23.3 Å². The number of anilines is 1. The molecule has 0 aliphatic rings. The van der Waals surface area contributed by atoms with E-state index >= 15 is 0 Å². The van der Waals surface area contributed by atoms with Crippen molar-refractivity contribution in [1.29, 1.82) is 0 Å². The van der Waals surface area contributed by atoms with Crippen LogP contribution in [0.3, 0.4) is 0 Å². The Morgan fingerprint density at radius 1 is 1.08 bits per heavy atom. The van der Waals surface area contributed by atoms with Crippen LogP contribution < -0.4 is 10.6 Å². The fraction of sp³-hybridized carbons (Fsp3) is 0.316. The fourth-order valence-corrected chi connectivity index (χ4v) is 2.54. The molecule has 1 aromatic carbocycles. The first-order valence-corrected chi connectivity index (χ1v) is 8.72. The maximum atomic E-state index is 12.4. The van der Waals surface area contributed by atoms with Crippen molar-refractivity contribution in [2.45, 2.75) is 33.1 Å². The average molecular weight is 360 g/mol. The van der Waals surface area contributed by atoms with E-state index in [1.807, 2.05) is 6.92 Å². The van der Waals surface area contributed by atoms with E-state index in [-0.39, 0.29) is 23.2 Å². The Morgan fingerprint density at radius 3 is 2.48 bits per heavy atom. The number of nitrogens with one attached hydrogen (secondary N) is 2. The van der Waals surface area contributed by atoms with Gasteiger partial charge >= 0.3 is 0 Å². The first-order chi connectivity index (χ1) is 12.0. The maximum Gasteiger partial charge on any atom is 0.274 e. The molecule has 25 heavy (non-hydrogen) atoms. The number of unbranched alkanes of at least 4 members (excludes halogenated alkanes) is 2. The number of halogens is 1. The average Bonchev–Trinajstić information content (AvgIpc) is 2.61. The van der Waals surface area contributed by atoms with Gasteiger partial charge in [0.2, 0.25) is 0 Å². The number of hydrogen-bond donors (Lipinski definition) is 2. The number of rotatable bonds is 7. The fourth-order valence-electron chi connectivity index (χ4n) is 2.31. The smallest absolute Gasteiger partial charge is 0.274 e. The highest BCUT2D eigenvalue weighted by Gasteiger charge is 2.13. The molecule has 2 rings (SSSR count). The zero-order valence-electron chi connectivity index (χ0n) is 14.4. The summed E-state index contributed by atoms with van der Waals surface area (Å²) in [5.41, 5.74) is 1.93. The third-order valence-electron chi connectivity index (χ3n) is 3.72. The molecule has 2 N–H and O–H groups in total. The Labute approximate surface area is 152 Å². The SMILES string of the molecule is CCCCCNC(=O)c1cccc(C(=O)Nc2ccc(Cl)cc2C)n1. The van der Waals surface area contributed by atoms with E-state index in [1.165, 1.54) is 0 Å². The molecule has 2 aromatic rings. The van der Waals surface area contributed by atoms with E-state index < -0.39 is 0 Å². The second-order valence-corrected chi connectivity index (χ2v) is 6.22. The van der Waals surface area contributed by atoms with E-state index in [0.717, 1.165) is 24.8 Å². The lowest BCUT2D eigenvalue weighted by atomic mass is 10.2. The molecule has 5 nitrogen and oxygen atoms in total. The number of aryl methyl sites for hydroxylation is 1. The Hall–Kier alpha value is -2.40. The van der Waals surface area contributed by atoms with Crippen LogP contribution in [0.15, 0.2) is 36.4 Å². The van der Waals surface area contributed by atoms with Gasteiger partial charge in [-0.3, -0.25) is 9.59 Å². The first-order valence-electron chi connectivity index (χ1n) is 8.34. The molecule has 1 heterocycles. The monoisotopic (exact) mass is 359 g/mol. The minimum absolute atomic E-state index is 0.190. The Morgan fingerprint density at radius 2 is 1.80 bits per heavy atom. The Bertz CT molecular complexity index is 762. The van der Waals surface area contributed by atoms with Crippen LogP contribution in [0.25, 0.3) is 0 Å². The molecular formula is C19H22ClN3O2. The minimum atomic E-state index is -0.369. The minimum Gasteiger partial charge on any atom is -0.351 e. The molecule has 6 heteroatoms. The largest absolute Gasteiger partial charge is 0.351 e. The number of pyridine rings is 1. The van der Waals surface area contributed by atoms with E-state index in [9.17, 15) is 9.59 Å². The number of carbonyl (C=O) groups is 2. The summed E-state index contributed by atoms with van der Waals surface area (Å²) in [6.07, 6.45) is 3.09. The van der Waals surface area contributed by atoms with E-state index in [4.69, 9.17) is 11.6 Å². The third-order valence-corrected chi connectivity index (χ3v) is 3.95. The molecule has 0 aliphatic carbocycles. The highest BCUT2D eigenvalue weighted by atomic mass is 35.5. The van der Waals surface area contributed by atoms with Crippen LogP contribution in [0.5, 0.6) is 0 Å². The summed E-state index contributed by atoms with van der Waals surface area (Å²) >= 11 is 5.92. The highest BCUT2D eigenvalue weighted by Crippen LogP contribution is 2.20. The van der Waals surface area contributed by atoms with Gasteiger partial charge in [0.25, 0.3) is 11.8 Å². The normalized spacial score (nSPS) is 10.4. The number of hydrogen-bond acceptors (Lipinski definition) is 3. The number of carbonyl (C=O) groups excluding carboxylic acids is 2. The quantitative estimate of drug-likeness (QED) is 0.727. The van der Waals surface area contributed by atoms with Gasteiger partial charge in [-0.1, -0.05) is 37.4 Å². The van der Waals surface area contributed by atoms with Gasteiger partial charge in [0.05, 0.1) is 0 Å². The van der Waals surface area contributed by atoms with Crippen LogP contribution in [0.1, 0.15) is 52.7 Å². The summed E-state index contributed by atoms with van der Waals surface area (Å²) in [7, 11) is 0. The predicted octanol–water partition coefficient (Wildman–Crippen LogP) is 4.22. The van der Waals surface area contributed by atoms with Crippen molar-refractivity contribution >= 4 is 29.1 Å². The van der Waals surface area contributed by atoms with Crippen molar-refractivity contribution < 1.29 is 9.59 Å². The summed E-state index contributed by atoms with van der Waals surface area (Å²) in [5, 5.41) is 6.21.